The Hall–Kier alpha value is -1.22. The van der Waals surface area contributed by atoms with Crippen LogP contribution in [0, 0.1) is 0 Å². The van der Waals surface area contributed by atoms with Crippen LogP contribution in [0.5, 0.6) is 0 Å². The van der Waals surface area contributed by atoms with Gasteiger partial charge in [-0.05, 0) is 12.1 Å². The molecular formula is C9H9ClN2O. The molecule has 0 fully saturated rings. The van der Waals surface area contributed by atoms with Gasteiger partial charge in [0.05, 0.1) is 12.1 Å². The Bertz CT molecular complexity index is 389. The van der Waals surface area contributed by atoms with Crippen molar-refractivity contribution in [3.8, 4) is 0 Å². The number of hydrogen-bond donors (Lipinski definition) is 1. The van der Waals surface area contributed by atoms with Gasteiger partial charge in [-0.1, -0.05) is 11.6 Å². The number of nitrogen functional groups attached to an aromatic ring is 1. The molecule has 1 aliphatic rings. The highest BCUT2D eigenvalue weighted by atomic mass is 35.5. The average Bonchev–Trinajstić information content (AvgIpc) is 2.32. The van der Waals surface area contributed by atoms with E-state index in [1.807, 2.05) is 0 Å². The summed E-state index contributed by atoms with van der Waals surface area (Å²) in [5.41, 5.74) is 7.91. The number of likely N-dealkylation sites (N-methyl/N-ethyl adjacent to an activating group) is 1. The molecule has 0 saturated carbocycles. The Morgan fingerprint density at radius 2 is 2.23 bits per heavy atom. The number of carbonyl (C=O) groups excluding carboxylic acids is 1. The highest BCUT2D eigenvalue weighted by Crippen LogP contribution is 2.35. The summed E-state index contributed by atoms with van der Waals surface area (Å²) >= 11 is 5.95. The lowest BCUT2D eigenvalue weighted by Gasteiger charge is -2.10. The fourth-order valence-corrected chi connectivity index (χ4v) is 1.81. The third-order valence-electron chi connectivity index (χ3n) is 2.26. The topological polar surface area (TPSA) is 46.3 Å². The van der Waals surface area contributed by atoms with Crippen molar-refractivity contribution >= 4 is 28.9 Å². The maximum absolute atomic E-state index is 11.3. The van der Waals surface area contributed by atoms with Crippen LogP contribution >= 0.6 is 11.6 Å². The number of anilines is 2. The van der Waals surface area contributed by atoms with Gasteiger partial charge in [-0.3, -0.25) is 4.79 Å². The van der Waals surface area contributed by atoms with E-state index in [1.165, 1.54) is 0 Å². The predicted octanol–water partition coefficient (Wildman–Crippen LogP) is 1.44. The van der Waals surface area contributed by atoms with Crippen LogP contribution in [0.1, 0.15) is 5.56 Å². The number of rotatable bonds is 0. The van der Waals surface area contributed by atoms with Crippen molar-refractivity contribution in [1.29, 1.82) is 0 Å². The van der Waals surface area contributed by atoms with E-state index in [9.17, 15) is 4.79 Å². The fourth-order valence-electron chi connectivity index (χ4n) is 1.52. The molecule has 0 unspecified atom stereocenters. The van der Waals surface area contributed by atoms with E-state index in [0.717, 1.165) is 11.3 Å². The van der Waals surface area contributed by atoms with Crippen molar-refractivity contribution in [2.75, 3.05) is 17.7 Å². The van der Waals surface area contributed by atoms with Crippen molar-refractivity contribution < 1.29 is 4.79 Å². The smallest absolute Gasteiger partial charge is 0.231 e. The Morgan fingerprint density at radius 1 is 1.54 bits per heavy atom. The molecule has 2 rings (SSSR count). The first kappa shape index (κ1) is 8.38. The molecule has 1 aromatic carbocycles. The molecule has 1 aromatic rings. The van der Waals surface area contributed by atoms with Gasteiger partial charge in [0.1, 0.15) is 0 Å². The lowest BCUT2D eigenvalue weighted by atomic mass is 10.1. The van der Waals surface area contributed by atoms with Crippen LogP contribution in [0.25, 0.3) is 0 Å². The number of hydrogen-bond acceptors (Lipinski definition) is 2. The first-order valence-electron chi connectivity index (χ1n) is 3.94. The van der Waals surface area contributed by atoms with Gasteiger partial charge >= 0.3 is 0 Å². The molecule has 0 saturated heterocycles. The molecule has 1 heterocycles. The van der Waals surface area contributed by atoms with Crippen molar-refractivity contribution in [3.63, 3.8) is 0 Å². The van der Waals surface area contributed by atoms with E-state index >= 15 is 0 Å². The summed E-state index contributed by atoms with van der Waals surface area (Å²) in [7, 11) is 1.73. The van der Waals surface area contributed by atoms with Gasteiger partial charge in [-0.15, -0.1) is 0 Å². The van der Waals surface area contributed by atoms with Gasteiger partial charge in [0.25, 0.3) is 0 Å². The summed E-state index contributed by atoms with van der Waals surface area (Å²) in [4.78, 5) is 12.9. The molecule has 0 spiro atoms. The number of nitrogens with two attached hydrogens (primary N) is 1. The second-order valence-electron chi connectivity index (χ2n) is 3.13. The van der Waals surface area contributed by atoms with Gasteiger partial charge in [-0.2, -0.15) is 0 Å². The fraction of sp³-hybridized carbons (Fsp3) is 0.222. The second kappa shape index (κ2) is 2.64. The van der Waals surface area contributed by atoms with Crippen molar-refractivity contribution in [2.45, 2.75) is 6.42 Å². The minimum absolute atomic E-state index is 0.0579. The van der Waals surface area contributed by atoms with Crippen LogP contribution in [0.15, 0.2) is 12.1 Å². The Kier molecular flexibility index (Phi) is 1.70. The van der Waals surface area contributed by atoms with Crippen LogP contribution in [0.4, 0.5) is 11.4 Å². The van der Waals surface area contributed by atoms with Crippen molar-refractivity contribution in [3.05, 3.63) is 22.7 Å². The molecule has 0 atom stereocenters. The zero-order valence-corrected chi connectivity index (χ0v) is 7.93. The molecule has 0 aromatic heterocycles. The number of amides is 1. The van der Waals surface area contributed by atoms with E-state index in [4.69, 9.17) is 17.3 Å². The monoisotopic (exact) mass is 196 g/mol. The molecule has 1 aliphatic heterocycles. The van der Waals surface area contributed by atoms with E-state index in [0.29, 0.717) is 17.1 Å². The van der Waals surface area contributed by atoms with Crippen LogP contribution in [0.2, 0.25) is 5.02 Å². The van der Waals surface area contributed by atoms with Gasteiger partial charge in [-0.25, -0.2) is 0 Å². The van der Waals surface area contributed by atoms with Gasteiger partial charge in [0, 0.05) is 23.3 Å². The summed E-state index contributed by atoms with van der Waals surface area (Å²) in [5, 5.41) is 0.577. The van der Waals surface area contributed by atoms with Crippen LogP contribution < -0.4 is 10.6 Å². The third-order valence-corrected chi connectivity index (χ3v) is 2.59. The van der Waals surface area contributed by atoms with E-state index in [2.05, 4.69) is 0 Å². The van der Waals surface area contributed by atoms with Crippen LogP contribution in [0.3, 0.4) is 0 Å². The molecule has 0 radical (unpaired) electrons. The maximum Gasteiger partial charge on any atom is 0.231 e. The van der Waals surface area contributed by atoms with Crippen molar-refractivity contribution in [1.82, 2.24) is 0 Å². The molecule has 1 amide bonds. The average molecular weight is 197 g/mol. The SMILES string of the molecule is CN1C(=O)Cc2c(Cl)cc(N)cc21. The normalized spacial score (nSPS) is 14.9. The molecule has 68 valence electrons. The maximum atomic E-state index is 11.3. The van der Waals surface area contributed by atoms with Crippen LogP contribution in [-0.2, 0) is 11.2 Å². The first-order chi connectivity index (χ1) is 6.09. The Labute approximate surface area is 81.1 Å². The van der Waals surface area contributed by atoms with Gasteiger partial charge in [0.15, 0.2) is 0 Å². The molecule has 2 N–H and O–H groups in total. The zero-order valence-electron chi connectivity index (χ0n) is 7.17. The number of nitrogens with zero attached hydrogens (tertiary/aromatic N) is 1. The number of benzene rings is 1. The van der Waals surface area contributed by atoms with Gasteiger partial charge < -0.3 is 10.6 Å². The second-order valence-corrected chi connectivity index (χ2v) is 3.54. The largest absolute Gasteiger partial charge is 0.399 e. The highest BCUT2D eigenvalue weighted by Gasteiger charge is 2.26. The predicted molar refractivity (Wildman–Crippen MR) is 53.0 cm³/mol. The van der Waals surface area contributed by atoms with Crippen LogP contribution in [-0.4, -0.2) is 13.0 Å². The third kappa shape index (κ3) is 1.16. The quantitative estimate of drug-likeness (QED) is 0.639. The van der Waals surface area contributed by atoms with Gasteiger partial charge in [0.2, 0.25) is 5.91 Å². The highest BCUT2D eigenvalue weighted by molar-refractivity contribution is 6.33. The minimum Gasteiger partial charge on any atom is -0.399 e. The van der Waals surface area contributed by atoms with E-state index < -0.39 is 0 Å². The zero-order chi connectivity index (χ0) is 9.59. The molecular weight excluding hydrogens is 188 g/mol. The summed E-state index contributed by atoms with van der Waals surface area (Å²) in [6.07, 6.45) is 0.380. The lowest BCUT2D eigenvalue weighted by molar-refractivity contribution is -0.117. The number of halogens is 1. The summed E-state index contributed by atoms with van der Waals surface area (Å²) in [6.45, 7) is 0. The molecule has 13 heavy (non-hydrogen) atoms. The lowest BCUT2D eigenvalue weighted by Crippen LogP contribution is -2.20. The van der Waals surface area contributed by atoms with E-state index in [1.54, 1.807) is 24.1 Å². The Morgan fingerprint density at radius 3 is 2.92 bits per heavy atom. The molecule has 0 aliphatic carbocycles. The standard InChI is InChI=1S/C9H9ClN2O/c1-12-8-3-5(11)2-7(10)6(8)4-9(12)13/h2-3H,4,11H2,1H3. The summed E-state index contributed by atoms with van der Waals surface area (Å²) < 4.78 is 0. The van der Waals surface area contributed by atoms with E-state index in [-0.39, 0.29) is 5.91 Å². The minimum atomic E-state index is 0.0579. The summed E-state index contributed by atoms with van der Waals surface area (Å²) in [5.74, 6) is 0.0579. The summed E-state index contributed by atoms with van der Waals surface area (Å²) in [6, 6.07) is 3.44. The van der Waals surface area contributed by atoms with Crippen molar-refractivity contribution in [2.24, 2.45) is 0 Å². The molecule has 4 heteroatoms. The first-order valence-corrected chi connectivity index (χ1v) is 4.32. The Balaban J connectivity index is 2.63. The number of fused-ring (bicyclic) bond motifs is 1. The number of carbonyl (C=O) groups is 1. The molecule has 0 bridgehead atoms. The molecule has 3 nitrogen and oxygen atoms in total.